The molecule has 4 aromatic rings. The molecule has 0 unspecified atom stereocenters. The van der Waals surface area contributed by atoms with Gasteiger partial charge in [-0.3, -0.25) is 0 Å². The third-order valence-corrected chi connectivity index (χ3v) is 10.2. The predicted octanol–water partition coefficient (Wildman–Crippen LogP) is -1.60. The van der Waals surface area contributed by atoms with E-state index in [1.807, 2.05) is 37.5 Å². The Morgan fingerprint density at radius 1 is 0.842 bits per heavy atom. The summed E-state index contributed by atoms with van der Waals surface area (Å²) in [4.78, 5) is 0.412. The fourth-order valence-electron chi connectivity index (χ4n) is 3.46. The number of alkyl halides is 3. The summed E-state index contributed by atoms with van der Waals surface area (Å²) in [5, 5.41) is 8.79. The van der Waals surface area contributed by atoms with Crippen molar-refractivity contribution in [2.75, 3.05) is 0 Å². The van der Waals surface area contributed by atoms with Crippen molar-refractivity contribution in [2.45, 2.75) is 44.3 Å². The Bertz CT molecular complexity index is 1840. The summed E-state index contributed by atoms with van der Waals surface area (Å²) < 4.78 is 92.3. The molecule has 0 bridgehead atoms. The monoisotopic (exact) mass is 656 g/mol. The number of benzene rings is 2. The molecule has 0 saturated heterocycles. The van der Waals surface area contributed by atoms with E-state index in [0.717, 1.165) is 39.2 Å². The maximum atomic E-state index is 12.6. The summed E-state index contributed by atoms with van der Waals surface area (Å²) >= 11 is 2.54. The summed E-state index contributed by atoms with van der Waals surface area (Å²) in [6, 6.07) is 9.53. The molecule has 38 heavy (non-hydrogen) atoms. The number of sulfonamides is 2. The minimum atomic E-state index is -6.22. The van der Waals surface area contributed by atoms with Gasteiger partial charge in [0.15, 0.2) is 10.0 Å². The van der Waals surface area contributed by atoms with Crippen LogP contribution >= 0.6 is 22.7 Å². The minimum absolute atomic E-state index is 0. The van der Waals surface area contributed by atoms with Crippen LogP contribution in [0.5, 0.6) is 0 Å². The van der Waals surface area contributed by atoms with E-state index in [1.165, 1.54) is 17.4 Å². The van der Waals surface area contributed by atoms with Crippen LogP contribution in [0.4, 0.5) is 13.2 Å². The van der Waals surface area contributed by atoms with Crippen LogP contribution in [0, 0.1) is 6.92 Å². The van der Waals surface area contributed by atoms with Gasteiger partial charge in [-0.1, -0.05) is 28.7 Å². The normalized spacial score (nSPS) is 13.6. The molecule has 0 aliphatic carbocycles. The van der Waals surface area contributed by atoms with Crippen molar-refractivity contribution in [1.82, 2.24) is 9.13 Å². The van der Waals surface area contributed by atoms with Gasteiger partial charge in [-0.25, -0.2) is 16.8 Å². The Labute approximate surface area is 309 Å². The van der Waals surface area contributed by atoms with Crippen LogP contribution in [-0.4, -0.2) is 31.5 Å². The number of halogens is 3. The Balaban J connectivity index is 0.00000253. The van der Waals surface area contributed by atoms with E-state index in [9.17, 15) is 30.0 Å². The molecule has 2 aromatic carbocycles. The molecule has 0 aliphatic heterocycles. The zero-order valence-electron chi connectivity index (χ0n) is 21.0. The smallest absolute Gasteiger partial charge is 0.424 e. The zero-order valence-corrected chi connectivity index (χ0v) is 30.5. The van der Waals surface area contributed by atoms with Crippen molar-refractivity contribution in [3.63, 3.8) is 0 Å². The third kappa shape index (κ3) is 7.20. The SMILES string of the molecule is CCn1/c(=N\N=c2\sc3cc(S(=O)(=O)[N-]S(=O)(=O)C(F)(F)F)ccc3n2CC)sc2cc(C)ccc21.[K+].[K+]. The molecule has 0 amide bonds. The van der Waals surface area contributed by atoms with Crippen molar-refractivity contribution in [1.29, 1.82) is 0 Å². The molecule has 0 saturated carbocycles. The molecule has 0 fully saturated rings. The van der Waals surface area contributed by atoms with Crippen LogP contribution in [-0.2, 0) is 33.1 Å². The summed E-state index contributed by atoms with van der Waals surface area (Å²) in [5.41, 5.74) is -3.13. The topological polar surface area (TPSA) is 117 Å². The van der Waals surface area contributed by atoms with Gasteiger partial charge in [0.05, 0.1) is 25.3 Å². The molecule has 0 aliphatic rings. The number of rotatable bonds is 6. The molecule has 0 atom stereocenters. The van der Waals surface area contributed by atoms with Crippen LogP contribution in [0.25, 0.3) is 24.6 Å². The van der Waals surface area contributed by atoms with Crippen LogP contribution in [0.2, 0.25) is 0 Å². The molecule has 194 valence electrons. The van der Waals surface area contributed by atoms with E-state index < -0.39 is 30.5 Å². The fourth-order valence-corrected chi connectivity index (χ4v) is 7.98. The van der Waals surface area contributed by atoms with Crippen LogP contribution < -0.4 is 112 Å². The predicted molar refractivity (Wildman–Crippen MR) is 132 cm³/mol. The first-order chi connectivity index (χ1) is 16.8. The average molecular weight is 657 g/mol. The molecular weight excluding hydrogens is 638 g/mol. The maximum Gasteiger partial charge on any atom is 1.00 e. The Morgan fingerprint density at radius 2 is 1.32 bits per heavy atom. The molecule has 2 heterocycles. The first-order valence-corrected chi connectivity index (χ1v) is 14.9. The molecule has 4 rings (SSSR count). The largest absolute Gasteiger partial charge is 1.00 e. The van der Waals surface area contributed by atoms with Gasteiger partial charge < -0.3 is 13.3 Å². The van der Waals surface area contributed by atoms with Gasteiger partial charge in [0.1, 0.15) is 10.0 Å². The Hall–Kier alpha value is 0.743. The molecule has 0 spiro atoms. The number of thiazole rings is 2. The second-order valence-corrected chi connectivity index (χ2v) is 13.0. The second kappa shape index (κ2) is 13.4. The number of hydrogen-bond acceptors (Lipinski definition) is 8. The molecule has 0 N–H and O–H groups in total. The summed E-state index contributed by atoms with van der Waals surface area (Å²) in [7, 11) is -11.4. The van der Waals surface area contributed by atoms with Crippen LogP contribution in [0.1, 0.15) is 19.4 Å². The molecule has 2 aromatic heterocycles. The summed E-state index contributed by atoms with van der Waals surface area (Å²) in [6.07, 6.45) is 0. The van der Waals surface area contributed by atoms with Gasteiger partial charge in [-0.2, -0.15) is 13.2 Å². The number of nitrogens with zero attached hydrogens (tertiary/aromatic N) is 5. The third-order valence-electron chi connectivity index (χ3n) is 5.13. The van der Waals surface area contributed by atoms with E-state index in [4.69, 9.17) is 0 Å². The molecule has 18 heteroatoms. The van der Waals surface area contributed by atoms with Crippen molar-refractivity contribution in [2.24, 2.45) is 10.2 Å². The van der Waals surface area contributed by atoms with Gasteiger partial charge in [0.2, 0.25) is 9.60 Å². The van der Waals surface area contributed by atoms with Crippen LogP contribution in [0.15, 0.2) is 51.5 Å². The van der Waals surface area contributed by atoms with Crippen molar-refractivity contribution >= 4 is 63.2 Å². The average Bonchev–Trinajstić information content (AvgIpc) is 3.31. The fraction of sp³-hybridized carbons (Fsp3) is 0.300. The van der Waals surface area contributed by atoms with Gasteiger partial charge >= 0.3 is 108 Å². The molecule has 0 radical (unpaired) electrons. The number of hydrogen-bond donors (Lipinski definition) is 0. The Morgan fingerprint density at radius 3 is 1.79 bits per heavy atom. The molecular formula is C20H19F3K2N5O4S4+. The van der Waals surface area contributed by atoms with Crippen molar-refractivity contribution < 1.29 is 133 Å². The van der Waals surface area contributed by atoms with Gasteiger partial charge in [0, 0.05) is 13.1 Å². The Kier molecular flexibility index (Phi) is 12.3. The van der Waals surface area contributed by atoms with Crippen molar-refractivity contribution in [3.05, 3.63) is 55.7 Å². The number of fused-ring (bicyclic) bond motifs is 2. The standard InChI is InChI=1S/C20H19F3N5O4S4.2K/c1-4-27-14-8-6-12(3)10-16(14)33-18(27)24-25-19-28(5-2)15-9-7-13(11-17(15)34-19)35(29,30)26-36(31,32)20(21,22)23;;/h6-11H,4-5H2,1-3H3;;/q-1;2*+1/b24-18+,25-19+;;. The zero-order chi connectivity index (χ0) is 26.5. The first-order valence-electron chi connectivity index (χ1n) is 10.4. The maximum absolute atomic E-state index is 12.6. The number of aryl methyl sites for hydroxylation is 3. The van der Waals surface area contributed by atoms with E-state index in [1.54, 1.807) is 4.57 Å². The summed E-state index contributed by atoms with van der Waals surface area (Å²) in [6.45, 7) is 6.95. The quantitative estimate of drug-likeness (QED) is 0.184. The van der Waals surface area contributed by atoms with Crippen molar-refractivity contribution in [3.8, 4) is 0 Å². The number of aromatic nitrogens is 2. The summed E-state index contributed by atoms with van der Waals surface area (Å²) in [5.74, 6) is 0. The molecule has 9 nitrogen and oxygen atoms in total. The van der Waals surface area contributed by atoms with Gasteiger partial charge in [-0.15, -0.1) is 10.2 Å². The van der Waals surface area contributed by atoms with Crippen LogP contribution in [0.3, 0.4) is 0 Å². The second-order valence-electron chi connectivity index (χ2n) is 7.53. The minimum Gasteiger partial charge on any atom is -0.424 e. The van der Waals surface area contributed by atoms with Gasteiger partial charge in [-0.05, 0) is 56.7 Å². The van der Waals surface area contributed by atoms with E-state index in [0.29, 0.717) is 32.9 Å². The first kappa shape index (κ1) is 34.9. The van der Waals surface area contributed by atoms with E-state index in [2.05, 4.69) is 20.4 Å². The van der Waals surface area contributed by atoms with E-state index >= 15 is 0 Å². The van der Waals surface area contributed by atoms with E-state index in [-0.39, 0.29) is 103 Å². The van der Waals surface area contributed by atoms with Gasteiger partial charge in [0.25, 0.3) is 0 Å².